The van der Waals surface area contributed by atoms with Crippen LogP contribution in [0.5, 0.6) is 0 Å². The zero-order valence-corrected chi connectivity index (χ0v) is 7.79. The van der Waals surface area contributed by atoms with Crippen molar-refractivity contribution in [1.29, 1.82) is 0 Å². The molecule has 0 aliphatic carbocycles. The Labute approximate surface area is 71.4 Å². The second-order valence-electron chi connectivity index (χ2n) is 3.18. The van der Waals surface area contributed by atoms with Crippen LogP contribution >= 0.6 is 11.3 Å². The molecule has 1 aliphatic rings. The van der Waals surface area contributed by atoms with Crippen LogP contribution < -0.4 is 5.32 Å². The molecule has 1 atom stereocenters. The predicted octanol–water partition coefficient (Wildman–Crippen LogP) is 2.40. The molecule has 2 rings (SSSR count). The summed E-state index contributed by atoms with van der Waals surface area (Å²) in [6.45, 7) is 5.58. The summed E-state index contributed by atoms with van der Waals surface area (Å²) in [5.41, 5.74) is 1.44. The van der Waals surface area contributed by atoms with Gasteiger partial charge in [0.2, 0.25) is 0 Å². The summed E-state index contributed by atoms with van der Waals surface area (Å²) in [5, 5.41) is 3.41. The third-order valence-electron chi connectivity index (χ3n) is 2.35. The van der Waals surface area contributed by atoms with Gasteiger partial charge >= 0.3 is 0 Å². The monoisotopic (exact) mass is 167 g/mol. The van der Waals surface area contributed by atoms with E-state index in [0.29, 0.717) is 6.04 Å². The SMILES string of the molecule is Cc1cc(C2CCN2)sc1C. The van der Waals surface area contributed by atoms with Gasteiger partial charge in [0.05, 0.1) is 0 Å². The van der Waals surface area contributed by atoms with Crippen molar-refractivity contribution in [2.75, 3.05) is 6.54 Å². The van der Waals surface area contributed by atoms with Crippen LogP contribution in [0.3, 0.4) is 0 Å². The van der Waals surface area contributed by atoms with Gasteiger partial charge in [-0.2, -0.15) is 0 Å². The van der Waals surface area contributed by atoms with E-state index in [1.807, 2.05) is 11.3 Å². The topological polar surface area (TPSA) is 12.0 Å². The first-order valence-electron chi connectivity index (χ1n) is 4.07. The predicted molar refractivity (Wildman–Crippen MR) is 49.2 cm³/mol. The van der Waals surface area contributed by atoms with Crippen LogP contribution in [0.1, 0.15) is 27.8 Å². The minimum Gasteiger partial charge on any atom is -0.309 e. The first-order chi connectivity index (χ1) is 5.27. The lowest BCUT2D eigenvalue weighted by Crippen LogP contribution is -2.34. The van der Waals surface area contributed by atoms with E-state index in [2.05, 4.69) is 25.2 Å². The van der Waals surface area contributed by atoms with Crippen LogP contribution in [0, 0.1) is 13.8 Å². The van der Waals surface area contributed by atoms with Gasteiger partial charge in [0, 0.05) is 15.8 Å². The highest BCUT2D eigenvalue weighted by Gasteiger charge is 2.20. The summed E-state index contributed by atoms with van der Waals surface area (Å²) in [4.78, 5) is 2.99. The van der Waals surface area contributed by atoms with Gasteiger partial charge < -0.3 is 5.32 Å². The minimum absolute atomic E-state index is 0.674. The lowest BCUT2D eigenvalue weighted by molar-refractivity contribution is 0.389. The first-order valence-corrected chi connectivity index (χ1v) is 4.89. The maximum atomic E-state index is 3.41. The van der Waals surface area contributed by atoms with Crippen molar-refractivity contribution in [2.24, 2.45) is 0 Å². The van der Waals surface area contributed by atoms with Crippen LogP contribution in [0.4, 0.5) is 0 Å². The van der Waals surface area contributed by atoms with Crippen molar-refractivity contribution in [3.63, 3.8) is 0 Å². The van der Waals surface area contributed by atoms with Crippen molar-refractivity contribution in [3.8, 4) is 0 Å². The molecular formula is C9H13NS. The number of rotatable bonds is 1. The fraction of sp³-hybridized carbons (Fsp3) is 0.556. The van der Waals surface area contributed by atoms with Gasteiger partial charge in [-0.1, -0.05) is 0 Å². The fourth-order valence-corrected chi connectivity index (χ4v) is 2.46. The second-order valence-corrected chi connectivity index (χ2v) is 4.47. The average Bonchev–Trinajstić information content (AvgIpc) is 2.08. The molecule has 11 heavy (non-hydrogen) atoms. The number of hydrogen-bond donors (Lipinski definition) is 1. The van der Waals surface area contributed by atoms with E-state index in [1.54, 1.807) is 0 Å². The van der Waals surface area contributed by atoms with Crippen LogP contribution in [-0.4, -0.2) is 6.54 Å². The van der Waals surface area contributed by atoms with Gasteiger partial charge in [-0.15, -0.1) is 11.3 Å². The van der Waals surface area contributed by atoms with Gasteiger partial charge in [0.25, 0.3) is 0 Å². The lowest BCUT2D eigenvalue weighted by atomic mass is 10.1. The summed E-state index contributed by atoms with van der Waals surface area (Å²) >= 11 is 1.94. The fourth-order valence-electron chi connectivity index (χ4n) is 1.31. The Hall–Kier alpha value is -0.340. The Kier molecular flexibility index (Phi) is 1.74. The number of thiophene rings is 1. The largest absolute Gasteiger partial charge is 0.309 e. The number of nitrogens with one attached hydrogen (secondary N) is 1. The van der Waals surface area contributed by atoms with E-state index < -0.39 is 0 Å². The highest BCUT2D eigenvalue weighted by molar-refractivity contribution is 7.12. The summed E-state index contributed by atoms with van der Waals surface area (Å²) < 4.78 is 0. The molecule has 60 valence electrons. The molecule has 1 nitrogen and oxygen atoms in total. The van der Waals surface area contributed by atoms with Gasteiger partial charge in [0.15, 0.2) is 0 Å². The Morgan fingerprint density at radius 2 is 2.27 bits per heavy atom. The molecule has 1 unspecified atom stereocenters. The van der Waals surface area contributed by atoms with Gasteiger partial charge in [-0.05, 0) is 38.4 Å². The van der Waals surface area contributed by atoms with Crippen molar-refractivity contribution in [3.05, 3.63) is 21.4 Å². The third-order valence-corrected chi connectivity index (χ3v) is 3.62. The van der Waals surface area contributed by atoms with Crippen molar-refractivity contribution < 1.29 is 0 Å². The van der Waals surface area contributed by atoms with Gasteiger partial charge in [-0.3, -0.25) is 0 Å². The average molecular weight is 167 g/mol. The first kappa shape index (κ1) is 7.32. The van der Waals surface area contributed by atoms with E-state index in [-0.39, 0.29) is 0 Å². The van der Waals surface area contributed by atoms with Gasteiger partial charge in [-0.25, -0.2) is 0 Å². The van der Waals surface area contributed by atoms with E-state index >= 15 is 0 Å². The molecule has 0 radical (unpaired) electrons. The van der Waals surface area contributed by atoms with Crippen LogP contribution in [0.15, 0.2) is 6.07 Å². The van der Waals surface area contributed by atoms with E-state index in [1.165, 1.54) is 28.3 Å². The second kappa shape index (κ2) is 2.61. The van der Waals surface area contributed by atoms with Crippen molar-refractivity contribution >= 4 is 11.3 Å². The van der Waals surface area contributed by atoms with Crippen LogP contribution in [0.25, 0.3) is 0 Å². The smallest absolute Gasteiger partial charge is 0.0427 e. The van der Waals surface area contributed by atoms with Crippen molar-refractivity contribution in [1.82, 2.24) is 5.32 Å². The standard InChI is InChI=1S/C9H13NS/c1-6-5-9(11-7(6)2)8-3-4-10-8/h5,8,10H,3-4H2,1-2H3. The molecule has 0 amide bonds. The summed E-state index contributed by atoms with van der Waals surface area (Å²) in [5.74, 6) is 0. The molecule has 0 bridgehead atoms. The van der Waals surface area contributed by atoms with E-state index in [0.717, 1.165) is 0 Å². The van der Waals surface area contributed by atoms with E-state index in [9.17, 15) is 0 Å². The molecule has 1 saturated heterocycles. The molecular weight excluding hydrogens is 154 g/mol. The Morgan fingerprint density at radius 3 is 2.64 bits per heavy atom. The maximum Gasteiger partial charge on any atom is 0.0427 e. The molecule has 1 aromatic heterocycles. The summed E-state index contributed by atoms with van der Waals surface area (Å²) in [6.07, 6.45) is 1.32. The number of aryl methyl sites for hydroxylation is 2. The summed E-state index contributed by atoms with van der Waals surface area (Å²) in [7, 11) is 0. The zero-order valence-electron chi connectivity index (χ0n) is 6.98. The van der Waals surface area contributed by atoms with E-state index in [4.69, 9.17) is 0 Å². The minimum atomic E-state index is 0.674. The quantitative estimate of drug-likeness (QED) is 0.677. The highest BCUT2D eigenvalue weighted by Crippen LogP contribution is 2.31. The molecule has 1 aliphatic heterocycles. The molecule has 0 saturated carbocycles. The van der Waals surface area contributed by atoms with Crippen molar-refractivity contribution in [2.45, 2.75) is 26.3 Å². The lowest BCUT2D eigenvalue weighted by Gasteiger charge is -2.26. The molecule has 2 heterocycles. The molecule has 1 aromatic rings. The molecule has 1 N–H and O–H groups in total. The Balaban J connectivity index is 2.24. The molecule has 0 aromatic carbocycles. The third kappa shape index (κ3) is 1.21. The molecule has 2 heteroatoms. The number of hydrogen-bond acceptors (Lipinski definition) is 2. The Morgan fingerprint density at radius 1 is 1.55 bits per heavy atom. The summed E-state index contributed by atoms with van der Waals surface area (Å²) in [6, 6.07) is 2.99. The zero-order chi connectivity index (χ0) is 7.84. The normalized spacial score (nSPS) is 23.3. The highest BCUT2D eigenvalue weighted by atomic mass is 32.1. The Bertz CT molecular complexity index is 241. The molecule has 1 fully saturated rings. The van der Waals surface area contributed by atoms with Crippen LogP contribution in [0.2, 0.25) is 0 Å². The molecule has 0 spiro atoms. The van der Waals surface area contributed by atoms with Gasteiger partial charge in [0.1, 0.15) is 0 Å². The van der Waals surface area contributed by atoms with Crippen LogP contribution in [-0.2, 0) is 0 Å². The maximum absolute atomic E-state index is 3.41.